The molecule has 6 heterocycles. The maximum atomic E-state index is 9.27. The number of ether oxygens (including phenoxy) is 1. The molecule has 0 atom stereocenters. The molecule has 34 heavy (non-hydrogen) atoms. The Kier molecular flexibility index (Phi) is 5.33. The fraction of sp³-hybridized carbons (Fsp3) is 0.348. The first-order valence-electron chi connectivity index (χ1n) is 11.2. The molecule has 2 aliphatic rings. The lowest BCUT2D eigenvalue weighted by Gasteiger charge is -2.41. The zero-order valence-electron chi connectivity index (χ0n) is 18.4. The maximum Gasteiger partial charge on any atom is 0.228 e. The zero-order chi connectivity index (χ0) is 23.0. The van der Waals surface area contributed by atoms with Crippen molar-refractivity contribution in [2.45, 2.75) is 12.0 Å². The fourth-order valence-electron chi connectivity index (χ4n) is 4.32. The van der Waals surface area contributed by atoms with Crippen molar-refractivity contribution in [3.05, 3.63) is 42.2 Å². The standard InChI is InChI=1S/C23H23N9OS/c24-5-4-23(14-25-15-23)32-13-16(11-27-32)20-21-18(3-10-34-21)29-22(30-20)28-17-1-2-19(26-12-17)31-6-8-33-9-7-31/h1-3,10-13,25H,4,6-9,14-15H2,(H,28,29,30). The predicted octanol–water partition coefficient (Wildman–Crippen LogP) is 2.74. The molecule has 0 unspecified atom stereocenters. The number of nitrogens with one attached hydrogen (secondary N) is 2. The summed E-state index contributed by atoms with van der Waals surface area (Å²) in [5.41, 5.74) is 3.14. The summed E-state index contributed by atoms with van der Waals surface area (Å²) >= 11 is 1.61. The summed E-state index contributed by atoms with van der Waals surface area (Å²) in [7, 11) is 0. The first kappa shape index (κ1) is 21.0. The topological polar surface area (TPSA) is 117 Å². The quantitative estimate of drug-likeness (QED) is 0.436. The van der Waals surface area contributed by atoms with Gasteiger partial charge in [-0.25, -0.2) is 15.0 Å². The summed E-state index contributed by atoms with van der Waals surface area (Å²) in [5, 5.41) is 22.4. The van der Waals surface area contributed by atoms with Gasteiger partial charge in [0, 0.05) is 37.9 Å². The van der Waals surface area contributed by atoms with Gasteiger partial charge in [0.05, 0.1) is 59.7 Å². The van der Waals surface area contributed by atoms with Crippen LogP contribution in [0.1, 0.15) is 6.42 Å². The smallest absolute Gasteiger partial charge is 0.228 e. The number of hydrogen-bond donors (Lipinski definition) is 2. The molecule has 6 rings (SSSR count). The molecule has 0 aromatic carbocycles. The Hall–Kier alpha value is -3.59. The molecule has 2 fully saturated rings. The van der Waals surface area contributed by atoms with Crippen molar-refractivity contribution in [1.29, 1.82) is 5.26 Å². The first-order valence-corrected chi connectivity index (χ1v) is 12.1. The van der Waals surface area contributed by atoms with Crippen molar-refractivity contribution >= 4 is 39.0 Å². The lowest BCUT2D eigenvalue weighted by molar-refractivity contribution is 0.122. The maximum absolute atomic E-state index is 9.27. The predicted molar refractivity (Wildman–Crippen MR) is 130 cm³/mol. The normalized spacial score (nSPS) is 17.3. The van der Waals surface area contributed by atoms with E-state index >= 15 is 0 Å². The summed E-state index contributed by atoms with van der Waals surface area (Å²) in [5.74, 6) is 1.44. The van der Waals surface area contributed by atoms with E-state index in [9.17, 15) is 5.26 Å². The third-order valence-electron chi connectivity index (χ3n) is 6.30. The van der Waals surface area contributed by atoms with E-state index < -0.39 is 0 Å². The van der Waals surface area contributed by atoms with Crippen molar-refractivity contribution in [2.75, 3.05) is 49.6 Å². The Balaban J connectivity index is 1.29. The lowest BCUT2D eigenvalue weighted by Crippen LogP contribution is -2.60. The minimum absolute atomic E-state index is 0.288. The number of thiophene rings is 1. The Bertz CT molecular complexity index is 1350. The van der Waals surface area contributed by atoms with Crippen molar-refractivity contribution in [3.8, 4) is 17.3 Å². The van der Waals surface area contributed by atoms with Gasteiger partial charge in [0.2, 0.25) is 5.95 Å². The van der Waals surface area contributed by atoms with E-state index in [4.69, 9.17) is 14.7 Å². The largest absolute Gasteiger partial charge is 0.378 e. The van der Waals surface area contributed by atoms with E-state index in [1.165, 1.54) is 0 Å². The van der Waals surface area contributed by atoms with Gasteiger partial charge in [-0.3, -0.25) is 4.68 Å². The lowest BCUT2D eigenvalue weighted by atomic mass is 9.89. The molecule has 2 saturated heterocycles. The van der Waals surface area contributed by atoms with Gasteiger partial charge in [-0.2, -0.15) is 10.4 Å². The second-order valence-corrected chi connectivity index (χ2v) is 9.41. The highest BCUT2D eigenvalue weighted by atomic mass is 32.1. The van der Waals surface area contributed by atoms with Gasteiger partial charge >= 0.3 is 0 Å². The number of nitriles is 1. The molecule has 2 aliphatic heterocycles. The second-order valence-electron chi connectivity index (χ2n) is 8.50. The van der Waals surface area contributed by atoms with Crippen LogP contribution < -0.4 is 15.5 Å². The Morgan fingerprint density at radius 2 is 2.06 bits per heavy atom. The van der Waals surface area contributed by atoms with Crippen molar-refractivity contribution in [3.63, 3.8) is 0 Å². The number of aromatic nitrogens is 5. The zero-order valence-corrected chi connectivity index (χ0v) is 19.3. The fourth-order valence-corrected chi connectivity index (χ4v) is 5.16. The van der Waals surface area contributed by atoms with Crippen LogP contribution in [-0.4, -0.2) is 64.1 Å². The van der Waals surface area contributed by atoms with Gasteiger partial charge in [0.1, 0.15) is 11.4 Å². The summed E-state index contributed by atoms with van der Waals surface area (Å²) < 4.78 is 8.34. The summed E-state index contributed by atoms with van der Waals surface area (Å²) in [6.07, 6.45) is 6.03. The molecule has 4 aromatic rings. The first-order chi connectivity index (χ1) is 16.7. The summed E-state index contributed by atoms with van der Waals surface area (Å²) in [4.78, 5) is 16.3. The SMILES string of the molecule is N#CCC1(n2cc(-c3nc(Nc4ccc(N5CCOCC5)nc4)nc4ccsc34)cn2)CNC1. The average molecular weight is 474 g/mol. The molecular formula is C23H23N9OS. The van der Waals surface area contributed by atoms with Crippen LogP contribution in [0, 0.1) is 11.3 Å². The molecule has 0 amide bonds. The van der Waals surface area contributed by atoms with Crippen LogP contribution >= 0.6 is 11.3 Å². The minimum Gasteiger partial charge on any atom is -0.378 e. The molecule has 0 radical (unpaired) electrons. The number of rotatable bonds is 6. The number of hydrogen-bond acceptors (Lipinski definition) is 10. The monoisotopic (exact) mass is 473 g/mol. The van der Waals surface area contributed by atoms with Crippen molar-refractivity contribution in [2.24, 2.45) is 0 Å². The highest BCUT2D eigenvalue weighted by molar-refractivity contribution is 7.17. The van der Waals surface area contributed by atoms with E-state index in [2.05, 4.69) is 31.7 Å². The number of fused-ring (bicyclic) bond motifs is 1. The Labute approximate surface area is 200 Å². The van der Waals surface area contributed by atoms with Gasteiger partial charge in [0.15, 0.2) is 0 Å². The van der Waals surface area contributed by atoms with Gasteiger partial charge < -0.3 is 20.3 Å². The highest BCUT2D eigenvalue weighted by Gasteiger charge is 2.39. The number of pyridine rings is 1. The van der Waals surface area contributed by atoms with Gasteiger partial charge in [-0.1, -0.05) is 0 Å². The molecule has 0 aliphatic carbocycles. The van der Waals surface area contributed by atoms with Crippen LogP contribution in [0.4, 0.5) is 17.5 Å². The molecule has 11 heteroatoms. The second kappa shape index (κ2) is 8.64. The van der Waals surface area contributed by atoms with E-state index in [1.807, 2.05) is 40.7 Å². The van der Waals surface area contributed by atoms with Crippen LogP contribution in [0.3, 0.4) is 0 Å². The molecule has 172 valence electrons. The van der Waals surface area contributed by atoms with Crippen LogP contribution in [0.5, 0.6) is 0 Å². The van der Waals surface area contributed by atoms with Crippen molar-refractivity contribution in [1.82, 2.24) is 30.0 Å². The molecule has 0 spiro atoms. The van der Waals surface area contributed by atoms with Crippen LogP contribution in [0.15, 0.2) is 42.2 Å². The van der Waals surface area contributed by atoms with Crippen molar-refractivity contribution < 1.29 is 4.74 Å². The third kappa shape index (κ3) is 3.75. The van der Waals surface area contributed by atoms with Crippen LogP contribution in [0.2, 0.25) is 0 Å². The van der Waals surface area contributed by atoms with E-state index in [-0.39, 0.29) is 5.54 Å². The van der Waals surface area contributed by atoms with Gasteiger partial charge in [-0.05, 0) is 23.6 Å². The Morgan fingerprint density at radius 3 is 2.79 bits per heavy atom. The van der Waals surface area contributed by atoms with E-state index in [0.29, 0.717) is 12.4 Å². The van der Waals surface area contributed by atoms with Crippen LogP contribution in [-0.2, 0) is 10.3 Å². The van der Waals surface area contributed by atoms with Gasteiger partial charge in [0.25, 0.3) is 0 Å². The average Bonchev–Trinajstić information content (AvgIpc) is 3.52. The summed E-state index contributed by atoms with van der Waals surface area (Å²) in [6, 6.07) is 8.28. The van der Waals surface area contributed by atoms with E-state index in [0.717, 1.165) is 72.4 Å². The molecule has 0 bridgehead atoms. The Morgan fingerprint density at radius 1 is 1.18 bits per heavy atom. The highest BCUT2D eigenvalue weighted by Crippen LogP contribution is 2.33. The third-order valence-corrected chi connectivity index (χ3v) is 7.21. The molecular weight excluding hydrogens is 450 g/mol. The number of morpholine rings is 1. The molecule has 2 N–H and O–H groups in total. The molecule has 4 aromatic heterocycles. The van der Waals surface area contributed by atoms with Gasteiger partial charge in [-0.15, -0.1) is 11.3 Å². The molecule has 10 nitrogen and oxygen atoms in total. The number of nitrogens with zero attached hydrogens (tertiary/aromatic N) is 7. The molecule has 0 saturated carbocycles. The van der Waals surface area contributed by atoms with E-state index in [1.54, 1.807) is 17.5 Å². The van der Waals surface area contributed by atoms with Crippen LogP contribution in [0.25, 0.3) is 21.5 Å². The number of anilines is 3. The minimum atomic E-state index is -0.288. The summed E-state index contributed by atoms with van der Waals surface area (Å²) in [6.45, 7) is 4.62.